The van der Waals surface area contributed by atoms with Crippen molar-refractivity contribution in [3.05, 3.63) is 80.9 Å². The molecule has 0 saturated heterocycles. The van der Waals surface area contributed by atoms with Gasteiger partial charge in [0.1, 0.15) is 0 Å². The Hall–Kier alpha value is -2.08. The lowest BCUT2D eigenvalue weighted by Gasteiger charge is -2.14. The first-order chi connectivity index (χ1) is 11.6. The summed E-state index contributed by atoms with van der Waals surface area (Å²) < 4.78 is 0. The van der Waals surface area contributed by atoms with E-state index in [0.717, 1.165) is 25.7 Å². The molecular formula is C24H26. The number of hydrogen-bond acceptors (Lipinski definition) is 0. The molecule has 0 aromatic heterocycles. The summed E-state index contributed by atoms with van der Waals surface area (Å²) in [5.41, 5.74) is 15.1. The molecule has 4 rings (SSSR count). The lowest BCUT2D eigenvalue weighted by atomic mass is 9.90. The molecule has 2 aliphatic carbocycles. The summed E-state index contributed by atoms with van der Waals surface area (Å²) in [5, 5.41) is 0. The zero-order valence-corrected chi connectivity index (χ0v) is 15.3. The SMILES string of the molecule is Cc1ccc(C)c2c1CC=C2CCC1=CCc2c(C)ccc(C)c21. The van der Waals surface area contributed by atoms with Gasteiger partial charge in [-0.3, -0.25) is 0 Å². The van der Waals surface area contributed by atoms with Gasteiger partial charge in [0.25, 0.3) is 0 Å². The Morgan fingerprint density at radius 3 is 1.38 bits per heavy atom. The molecule has 2 aliphatic rings. The highest BCUT2D eigenvalue weighted by Crippen LogP contribution is 2.40. The molecule has 0 aliphatic heterocycles. The van der Waals surface area contributed by atoms with E-state index in [1.54, 1.807) is 22.3 Å². The van der Waals surface area contributed by atoms with Gasteiger partial charge in [0.2, 0.25) is 0 Å². The molecule has 0 spiro atoms. The van der Waals surface area contributed by atoms with Gasteiger partial charge in [-0.2, -0.15) is 0 Å². The van der Waals surface area contributed by atoms with E-state index < -0.39 is 0 Å². The minimum Gasteiger partial charge on any atom is -0.0763 e. The third-order valence-electron chi connectivity index (χ3n) is 5.92. The summed E-state index contributed by atoms with van der Waals surface area (Å²) in [6, 6.07) is 9.11. The van der Waals surface area contributed by atoms with Crippen molar-refractivity contribution < 1.29 is 0 Å². The van der Waals surface area contributed by atoms with Crippen LogP contribution in [-0.2, 0) is 12.8 Å². The van der Waals surface area contributed by atoms with Crippen LogP contribution in [0.2, 0.25) is 0 Å². The Balaban J connectivity index is 1.58. The van der Waals surface area contributed by atoms with E-state index >= 15 is 0 Å². The van der Waals surface area contributed by atoms with Crippen molar-refractivity contribution in [2.45, 2.75) is 53.4 Å². The van der Waals surface area contributed by atoms with Crippen molar-refractivity contribution in [2.24, 2.45) is 0 Å². The standard InChI is InChI=1S/C24H26/c1-15-5-7-17(3)23-19(11-13-21(15)23)9-10-20-12-14-22-16(2)6-8-18(4)24(20)22/h5-8,11-12H,9-10,13-14H2,1-4H3. The minimum absolute atomic E-state index is 1.12. The topological polar surface area (TPSA) is 0 Å². The van der Waals surface area contributed by atoms with E-state index in [2.05, 4.69) is 64.1 Å². The molecule has 0 fully saturated rings. The molecule has 2 aromatic rings. The molecule has 0 bridgehead atoms. The van der Waals surface area contributed by atoms with Crippen LogP contribution in [0.1, 0.15) is 57.3 Å². The molecule has 0 nitrogen and oxygen atoms in total. The summed E-state index contributed by atoms with van der Waals surface area (Å²) in [6.07, 6.45) is 9.48. The smallest absolute Gasteiger partial charge is 0.00826 e. The molecule has 0 atom stereocenters. The first-order valence-electron chi connectivity index (χ1n) is 9.13. The van der Waals surface area contributed by atoms with Gasteiger partial charge in [-0.15, -0.1) is 0 Å². The molecule has 0 amide bonds. The molecule has 0 N–H and O–H groups in total. The van der Waals surface area contributed by atoms with E-state index in [1.807, 2.05) is 0 Å². The van der Waals surface area contributed by atoms with Crippen molar-refractivity contribution in [1.29, 1.82) is 0 Å². The Bertz CT molecular complexity index is 815. The maximum absolute atomic E-state index is 2.46. The zero-order valence-electron chi connectivity index (χ0n) is 15.3. The zero-order chi connectivity index (χ0) is 16.8. The number of rotatable bonds is 3. The Morgan fingerprint density at radius 2 is 0.958 bits per heavy atom. The second-order valence-corrected chi connectivity index (χ2v) is 7.47. The van der Waals surface area contributed by atoms with Crippen LogP contribution in [0.4, 0.5) is 0 Å². The van der Waals surface area contributed by atoms with Gasteiger partial charge in [0.05, 0.1) is 0 Å². The van der Waals surface area contributed by atoms with Crippen LogP contribution in [0.15, 0.2) is 36.4 Å². The number of fused-ring (bicyclic) bond motifs is 2. The number of aryl methyl sites for hydroxylation is 4. The highest BCUT2D eigenvalue weighted by atomic mass is 14.3. The third kappa shape index (κ3) is 2.36. The molecule has 122 valence electrons. The largest absolute Gasteiger partial charge is 0.0763 e. The van der Waals surface area contributed by atoms with Crippen LogP contribution >= 0.6 is 0 Å². The second kappa shape index (κ2) is 5.77. The van der Waals surface area contributed by atoms with E-state index in [9.17, 15) is 0 Å². The maximum Gasteiger partial charge on any atom is -0.00826 e. The fourth-order valence-electron chi connectivity index (χ4n) is 4.54. The summed E-state index contributed by atoms with van der Waals surface area (Å²) in [5.74, 6) is 0. The lowest BCUT2D eigenvalue weighted by molar-refractivity contribution is 1.08. The maximum atomic E-state index is 2.46. The average molecular weight is 314 g/mol. The summed E-state index contributed by atoms with van der Waals surface area (Å²) >= 11 is 0. The van der Waals surface area contributed by atoms with Gasteiger partial charge in [-0.05, 0) is 109 Å². The fraction of sp³-hybridized carbons (Fsp3) is 0.333. The normalized spacial score (nSPS) is 15.2. The number of hydrogen-bond donors (Lipinski definition) is 0. The predicted octanol–water partition coefficient (Wildman–Crippen LogP) is 6.28. The van der Waals surface area contributed by atoms with Gasteiger partial charge >= 0.3 is 0 Å². The minimum atomic E-state index is 1.12. The van der Waals surface area contributed by atoms with Crippen LogP contribution in [0.25, 0.3) is 11.1 Å². The van der Waals surface area contributed by atoms with Gasteiger partial charge in [-0.25, -0.2) is 0 Å². The van der Waals surface area contributed by atoms with Crippen LogP contribution in [-0.4, -0.2) is 0 Å². The average Bonchev–Trinajstić information content (AvgIpc) is 3.18. The van der Waals surface area contributed by atoms with Crippen molar-refractivity contribution >= 4 is 11.1 Å². The van der Waals surface area contributed by atoms with Gasteiger partial charge in [0, 0.05) is 0 Å². The molecule has 24 heavy (non-hydrogen) atoms. The van der Waals surface area contributed by atoms with Crippen molar-refractivity contribution in [1.82, 2.24) is 0 Å². The van der Waals surface area contributed by atoms with Crippen LogP contribution < -0.4 is 0 Å². The van der Waals surface area contributed by atoms with E-state index in [4.69, 9.17) is 0 Å². The Labute approximate surface area is 145 Å². The predicted molar refractivity (Wildman–Crippen MR) is 104 cm³/mol. The highest BCUT2D eigenvalue weighted by Gasteiger charge is 2.21. The van der Waals surface area contributed by atoms with Crippen molar-refractivity contribution in [3.8, 4) is 0 Å². The molecule has 0 unspecified atom stereocenters. The first kappa shape index (κ1) is 15.4. The van der Waals surface area contributed by atoms with E-state index in [0.29, 0.717) is 0 Å². The third-order valence-corrected chi connectivity index (χ3v) is 5.92. The Kier molecular flexibility index (Phi) is 3.72. The quantitative estimate of drug-likeness (QED) is 0.625. The van der Waals surface area contributed by atoms with Crippen LogP contribution in [0.3, 0.4) is 0 Å². The monoisotopic (exact) mass is 314 g/mol. The van der Waals surface area contributed by atoms with Gasteiger partial charge in [0.15, 0.2) is 0 Å². The summed E-state index contributed by atoms with van der Waals surface area (Å²) in [6.45, 7) is 9.01. The van der Waals surface area contributed by atoms with Crippen LogP contribution in [0, 0.1) is 27.7 Å². The van der Waals surface area contributed by atoms with Gasteiger partial charge < -0.3 is 0 Å². The summed E-state index contributed by atoms with van der Waals surface area (Å²) in [7, 11) is 0. The molecule has 0 heteroatoms. The van der Waals surface area contributed by atoms with Crippen molar-refractivity contribution in [2.75, 3.05) is 0 Å². The molecule has 0 saturated carbocycles. The molecule has 0 heterocycles. The fourth-order valence-corrected chi connectivity index (χ4v) is 4.54. The van der Waals surface area contributed by atoms with E-state index in [1.165, 1.54) is 33.4 Å². The molecule has 0 radical (unpaired) electrons. The van der Waals surface area contributed by atoms with E-state index in [-0.39, 0.29) is 0 Å². The molecule has 2 aromatic carbocycles. The number of allylic oxidation sites excluding steroid dienone is 4. The summed E-state index contributed by atoms with van der Waals surface area (Å²) in [4.78, 5) is 0. The van der Waals surface area contributed by atoms with Crippen molar-refractivity contribution in [3.63, 3.8) is 0 Å². The highest BCUT2D eigenvalue weighted by molar-refractivity contribution is 5.80. The number of benzene rings is 2. The second-order valence-electron chi connectivity index (χ2n) is 7.47. The van der Waals surface area contributed by atoms with Gasteiger partial charge in [-0.1, -0.05) is 36.4 Å². The van der Waals surface area contributed by atoms with Crippen LogP contribution in [0.5, 0.6) is 0 Å². The first-order valence-corrected chi connectivity index (χ1v) is 9.13. The lowest BCUT2D eigenvalue weighted by Crippen LogP contribution is -1.95. The Morgan fingerprint density at radius 1 is 0.583 bits per heavy atom. The molecular weight excluding hydrogens is 288 g/mol.